The molecule has 8 heteroatoms. The highest BCUT2D eigenvalue weighted by Gasteiger charge is 2.16. The van der Waals surface area contributed by atoms with Gasteiger partial charge < -0.3 is 24.6 Å². The molecule has 8 nitrogen and oxygen atoms in total. The fraction of sp³-hybridized carbons (Fsp3) is 0.462. The highest BCUT2D eigenvalue weighted by Crippen LogP contribution is 2.26. The average molecular weight is 469 g/mol. The third kappa shape index (κ3) is 7.55. The molecule has 0 aliphatic carbocycles. The van der Waals surface area contributed by atoms with Gasteiger partial charge in [0.05, 0.1) is 25.0 Å². The molecule has 0 aliphatic heterocycles. The summed E-state index contributed by atoms with van der Waals surface area (Å²) in [7, 11) is 0. The zero-order valence-electron chi connectivity index (χ0n) is 20.5. The van der Waals surface area contributed by atoms with Crippen LogP contribution in [-0.2, 0) is 9.47 Å². The fourth-order valence-corrected chi connectivity index (χ4v) is 3.32. The summed E-state index contributed by atoms with van der Waals surface area (Å²) >= 11 is 0. The van der Waals surface area contributed by atoms with Gasteiger partial charge in [-0.2, -0.15) is 4.98 Å². The minimum Gasteiger partial charge on any atom is -0.460 e. The van der Waals surface area contributed by atoms with E-state index in [9.17, 15) is 5.11 Å². The summed E-state index contributed by atoms with van der Waals surface area (Å²) in [5.41, 5.74) is 3.85. The Balaban J connectivity index is 1.72. The van der Waals surface area contributed by atoms with E-state index in [1.807, 2.05) is 62.4 Å². The molecule has 184 valence electrons. The molecule has 1 aromatic heterocycles. The van der Waals surface area contributed by atoms with Gasteiger partial charge in [0.25, 0.3) is 0 Å². The first-order valence-corrected chi connectivity index (χ1v) is 11.8. The number of hydrogen-bond donors (Lipinski definition) is 2. The minimum atomic E-state index is -0.571. The maximum atomic E-state index is 10.1. The molecule has 0 fully saturated rings. The number of nitrogens with one attached hydrogen (secondary N) is 1. The van der Waals surface area contributed by atoms with E-state index in [1.165, 1.54) is 0 Å². The predicted octanol–water partition coefficient (Wildman–Crippen LogP) is 4.10. The lowest BCUT2D eigenvalue weighted by Gasteiger charge is -2.14. The van der Waals surface area contributed by atoms with Gasteiger partial charge in [-0.05, 0) is 49.6 Å². The fourth-order valence-electron chi connectivity index (χ4n) is 3.32. The first kappa shape index (κ1) is 25.7. The van der Waals surface area contributed by atoms with Crippen molar-refractivity contribution in [2.24, 2.45) is 5.92 Å². The van der Waals surface area contributed by atoms with Crippen molar-refractivity contribution in [3.63, 3.8) is 0 Å². The van der Waals surface area contributed by atoms with Crippen LogP contribution in [0.4, 0.5) is 5.69 Å². The Labute approximate surface area is 201 Å². The van der Waals surface area contributed by atoms with Gasteiger partial charge >= 0.3 is 6.01 Å². The van der Waals surface area contributed by atoms with Crippen LogP contribution in [0.2, 0.25) is 0 Å². The monoisotopic (exact) mass is 468 g/mol. The minimum absolute atomic E-state index is 0.310. The van der Waals surface area contributed by atoms with E-state index in [0.717, 1.165) is 22.5 Å². The summed E-state index contributed by atoms with van der Waals surface area (Å²) in [6.45, 7) is 11.0. The molecule has 3 rings (SSSR count). The quantitative estimate of drug-likeness (QED) is 0.344. The lowest BCUT2D eigenvalue weighted by atomic mass is 10.1. The Hall–Kier alpha value is -2.94. The SMILES string of the molecule is CCOCCOc1nc(-c2ccccc2C)n(-c2ccc(NCC(O)COCC(C)C)cc2)n1. The van der Waals surface area contributed by atoms with Gasteiger partial charge in [-0.3, -0.25) is 0 Å². The van der Waals surface area contributed by atoms with Crippen molar-refractivity contribution in [1.29, 1.82) is 0 Å². The molecule has 0 bridgehead atoms. The van der Waals surface area contributed by atoms with Crippen LogP contribution in [0.25, 0.3) is 17.1 Å². The summed E-state index contributed by atoms with van der Waals surface area (Å²) in [5, 5.41) is 18.0. The number of hydrogen-bond acceptors (Lipinski definition) is 7. The summed E-state index contributed by atoms with van der Waals surface area (Å²) in [5.74, 6) is 1.16. The van der Waals surface area contributed by atoms with Gasteiger partial charge in [-0.15, -0.1) is 5.10 Å². The molecule has 2 aromatic carbocycles. The van der Waals surface area contributed by atoms with E-state index in [2.05, 4.69) is 29.2 Å². The van der Waals surface area contributed by atoms with Crippen molar-refractivity contribution in [2.75, 3.05) is 44.9 Å². The van der Waals surface area contributed by atoms with Crippen LogP contribution in [0.5, 0.6) is 6.01 Å². The third-order valence-corrected chi connectivity index (χ3v) is 5.05. The van der Waals surface area contributed by atoms with Gasteiger partial charge in [0.2, 0.25) is 0 Å². The zero-order chi connectivity index (χ0) is 24.3. The Bertz CT molecular complexity index is 1000. The molecular weight excluding hydrogens is 432 g/mol. The van der Waals surface area contributed by atoms with Crippen molar-refractivity contribution >= 4 is 5.69 Å². The second kappa shape index (κ2) is 13.1. The predicted molar refractivity (Wildman–Crippen MR) is 134 cm³/mol. The zero-order valence-corrected chi connectivity index (χ0v) is 20.5. The standard InChI is InChI=1S/C26H36N4O4/c1-5-32-14-15-34-26-28-25(24-9-7-6-8-20(24)4)30(29-26)22-12-10-21(11-13-22)27-16-23(31)18-33-17-19(2)3/h6-13,19,23,27,31H,5,14-18H2,1-4H3. The topological polar surface area (TPSA) is 90.7 Å². The van der Waals surface area contributed by atoms with E-state index in [4.69, 9.17) is 14.2 Å². The molecule has 0 aliphatic rings. The van der Waals surface area contributed by atoms with E-state index >= 15 is 0 Å². The van der Waals surface area contributed by atoms with Gasteiger partial charge in [0.1, 0.15) is 6.61 Å². The van der Waals surface area contributed by atoms with Crippen LogP contribution >= 0.6 is 0 Å². The van der Waals surface area contributed by atoms with E-state index < -0.39 is 6.10 Å². The number of aryl methyl sites for hydroxylation is 1. The first-order chi connectivity index (χ1) is 16.5. The Morgan fingerprint density at radius 2 is 1.76 bits per heavy atom. The number of aromatic nitrogens is 3. The van der Waals surface area contributed by atoms with Crippen LogP contribution < -0.4 is 10.1 Å². The molecular formula is C26H36N4O4. The average Bonchev–Trinajstić information content (AvgIpc) is 3.25. The molecule has 1 atom stereocenters. The van der Waals surface area contributed by atoms with Gasteiger partial charge in [0.15, 0.2) is 5.82 Å². The summed E-state index contributed by atoms with van der Waals surface area (Å²) < 4.78 is 18.4. The molecule has 0 saturated carbocycles. The Kier molecular flexibility index (Phi) is 9.88. The van der Waals surface area contributed by atoms with Crippen molar-refractivity contribution < 1.29 is 19.3 Å². The molecule has 1 unspecified atom stereocenters. The van der Waals surface area contributed by atoms with Crippen molar-refractivity contribution in [2.45, 2.75) is 33.8 Å². The number of aliphatic hydroxyl groups excluding tert-OH is 1. The smallest absolute Gasteiger partial charge is 0.336 e. The van der Waals surface area contributed by atoms with Gasteiger partial charge in [-0.25, -0.2) is 4.68 Å². The lowest BCUT2D eigenvalue weighted by molar-refractivity contribution is 0.0318. The first-order valence-electron chi connectivity index (χ1n) is 11.8. The van der Waals surface area contributed by atoms with Crippen LogP contribution in [-0.4, -0.2) is 65.6 Å². The molecule has 1 heterocycles. The third-order valence-electron chi connectivity index (χ3n) is 5.05. The molecule has 3 aromatic rings. The van der Waals surface area contributed by atoms with Crippen LogP contribution in [0.1, 0.15) is 26.3 Å². The van der Waals surface area contributed by atoms with Crippen molar-refractivity contribution in [1.82, 2.24) is 14.8 Å². The normalized spacial score (nSPS) is 12.2. The number of anilines is 1. The highest BCUT2D eigenvalue weighted by atomic mass is 16.5. The molecule has 0 amide bonds. The van der Waals surface area contributed by atoms with Crippen molar-refractivity contribution in [3.8, 4) is 23.1 Å². The van der Waals surface area contributed by atoms with Crippen LogP contribution in [0.3, 0.4) is 0 Å². The number of nitrogens with zero attached hydrogens (tertiary/aromatic N) is 3. The number of ether oxygens (including phenoxy) is 3. The lowest BCUT2D eigenvalue weighted by Crippen LogP contribution is -2.25. The van der Waals surface area contributed by atoms with E-state index in [1.54, 1.807) is 4.68 Å². The summed E-state index contributed by atoms with van der Waals surface area (Å²) in [4.78, 5) is 4.65. The second-order valence-electron chi connectivity index (χ2n) is 8.50. The van der Waals surface area contributed by atoms with Crippen LogP contribution in [0, 0.1) is 12.8 Å². The second-order valence-corrected chi connectivity index (χ2v) is 8.50. The number of aliphatic hydroxyl groups is 1. The molecule has 34 heavy (non-hydrogen) atoms. The van der Waals surface area contributed by atoms with Crippen LogP contribution in [0.15, 0.2) is 48.5 Å². The molecule has 2 N–H and O–H groups in total. The largest absolute Gasteiger partial charge is 0.460 e. The molecule has 0 saturated heterocycles. The Morgan fingerprint density at radius 1 is 1.00 bits per heavy atom. The highest BCUT2D eigenvalue weighted by molar-refractivity contribution is 5.63. The van der Waals surface area contributed by atoms with E-state index in [-0.39, 0.29) is 0 Å². The van der Waals surface area contributed by atoms with Crippen molar-refractivity contribution in [3.05, 3.63) is 54.1 Å². The van der Waals surface area contributed by atoms with E-state index in [0.29, 0.717) is 57.3 Å². The molecule has 0 radical (unpaired) electrons. The summed E-state index contributed by atoms with van der Waals surface area (Å²) in [6, 6.07) is 16.2. The maximum Gasteiger partial charge on any atom is 0.336 e. The number of rotatable bonds is 14. The van der Waals surface area contributed by atoms with Gasteiger partial charge in [0, 0.05) is 31.0 Å². The summed E-state index contributed by atoms with van der Waals surface area (Å²) in [6.07, 6.45) is -0.571. The Morgan fingerprint density at radius 3 is 2.47 bits per heavy atom. The maximum absolute atomic E-state index is 10.1. The van der Waals surface area contributed by atoms with Gasteiger partial charge in [-0.1, -0.05) is 38.1 Å². The number of benzene rings is 2. The molecule has 0 spiro atoms.